The number of anilines is 1. The molecule has 0 radical (unpaired) electrons. The Morgan fingerprint density at radius 2 is 1.73 bits per heavy atom. The number of carbonyl (C=O) groups excluding carboxylic acids is 2. The van der Waals surface area contributed by atoms with Crippen LogP contribution in [-0.4, -0.2) is 57.6 Å². The van der Waals surface area contributed by atoms with Gasteiger partial charge in [-0.15, -0.1) is 0 Å². The van der Waals surface area contributed by atoms with Gasteiger partial charge in [0.1, 0.15) is 18.3 Å². The maximum Gasteiger partial charge on any atom is 0.244 e. The molecule has 1 atom stereocenters. The van der Waals surface area contributed by atoms with Gasteiger partial charge in [-0.2, -0.15) is 0 Å². The number of likely N-dealkylation sites (N-methyl/N-ethyl adjacent to an activating group) is 1. The second-order valence-electron chi connectivity index (χ2n) is 9.30. The number of nitrogens with zero attached hydrogens (tertiary/aromatic N) is 2. The number of carbonyl (C=O) groups is 2. The van der Waals surface area contributed by atoms with Gasteiger partial charge in [-0.1, -0.05) is 65.7 Å². The highest BCUT2D eigenvalue weighted by Gasteiger charge is 2.34. The average Bonchev–Trinajstić information content (AvgIpc) is 2.90. The molecule has 0 saturated carbocycles. The van der Waals surface area contributed by atoms with Gasteiger partial charge in [0.2, 0.25) is 21.8 Å². The highest BCUT2D eigenvalue weighted by molar-refractivity contribution is 7.92. The van der Waals surface area contributed by atoms with E-state index in [0.717, 1.165) is 21.7 Å². The van der Waals surface area contributed by atoms with Gasteiger partial charge in [-0.3, -0.25) is 13.9 Å². The number of benzene rings is 3. The molecular weight excluding hydrogens is 573 g/mol. The van der Waals surface area contributed by atoms with Gasteiger partial charge < -0.3 is 15.0 Å². The SMILES string of the molecule is CCNC(=O)[C@@H](Cc1ccccc1)N(Cc1ccc(Cl)cc1Cl)C(=O)CN(c1cc(C)ccc1OC)S(C)(=O)=O. The normalized spacial score (nSPS) is 11.9. The van der Waals surface area contributed by atoms with Crippen LogP contribution in [0.3, 0.4) is 0 Å². The third-order valence-electron chi connectivity index (χ3n) is 6.26. The Bertz CT molecular complexity index is 1450. The molecule has 0 unspecified atom stereocenters. The quantitative estimate of drug-likeness (QED) is 0.318. The Morgan fingerprint density at radius 1 is 1.02 bits per heavy atom. The summed E-state index contributed by atoms with van der Waals surface area (Å²) in [4.78, 5) is 28.9. The van der Waals surface area contributed by atoms with E-state index in [1.165, 1.54) is 12.0 Å². The lowest BCUT2D eigenvalue weighted by atomic mass is 10.0. The fourth-order valence-electron chi connectivity index (χ4n) is 4.27. The lowest BCUT2D eigenvalue weighted by Crippen LogP contribution is -2.53. The van der Waals surface area contributed by atoms with E-state index < -0.39 is 28.5 Å². The van der Waals surface area contributed by atoms with E-state index in [0.29, 0.717) is 27.9 Å². The number of rotatable bonds is 12. The minimum Gasteiger partial charge on any atom is -0.495 e. The Labute approximate surface area is 245 Å². The Morgan fingerprint density at radius 3 is 2.33 bits per heavy atom. The summed E-state index contributed by atoms with van der Waals surface area (Å²) in [7, 11) is -2.51. The number of hydrogen-bond donors (Lipinski definition) is 1. The second kappa shape index (κ2) is 13.9. The Balaban J connectivity index is 2.11. The third kappa shape index (κ3) is 8.13. The van der Waals surface area contributed by atoms with Crippen molar-refractivity contribution in [2.75, 3.05) is 30.8 Å². The topological polar surface area (TPSA) is 96.0 Å². The summed E-state index contributed by atoms with van der Waals surface area (Å²) in [6, 6.07) is 18.3. The van der Waals surface area contributed by atoms with Gasteiger partial charge in [0.05, 0.1) is 19.1 Å². The van der Waals surface area contributed by atoms with E-state index in [-0.39, 0.29) is 24.6 Å². The fourth-order valence-corrected chi connectivity index (χ4v) is 5.58. The monoisotopic (exact) mass is 605 g/mol. The molecule has 0 aliphatic rings. The number of aryl methyl sites for hydroxylation is 1. The van der Waals surface area contributed by atoms with Crippen molar-refractivity contribution >= 4 is 50.7 Å². The van der Waals surface area contributed by atoms with Gasteiger partial charge in [-0.25, -0.2) is 8.42 Å². The minimum absolute atomic E-state index is 0.0496. The lowest BCUT2D eigenvalue weighted by molar-refractivity contribution is -0.140. The Hall–Kier alpha value is -3.27. The van der Waals surface area contributed by atoms with Crippen molar-refractivity contribution < 1.29 is 22.7 Å². The van der Waals surface area contributed by atoms with E-state index in [1.807, 2.05) is 37.3 Å². The summed E-state index contributed by atoms with van der Waals surface area (Å²) >= 11 is 12.6. The number of sulfonamides is 1. The molecular formula is C29H33Cl2N3O5S. The van der Waals surface area contributed by atoms with E-state index >= 15 is 0 Å². The molecule has 0 saturated heterocycles. The summed E-state index contributed by atoms with van der Waals surface area (Å²) in [5, 5.41) is 3.55. The first-order valence-electron chi connectivity index (χ1n) is 12.6. The highest BCUT2D eigenvalue weighted by atomic mass is 35.5. The average molecular weight is 607 g/mol. The van der Waals surface area contributed by atoms with E-state index in [1.54, 1.807) is 43.3 Å². The summed E-state index contributed by atoms with van der Waals surface area (Å²) in [6.45, 7) is 3.34. The standard InChI is InChI=1S/C29H33Cl2N3O5S/c1-5-32-29(36)26(16-21-9-7-6-8-10-21)33(18-22-12-13-23(30)17-24(22)31)28(35)19-34(40(4,37)38)25-15-20(2)11-14-27(25)39-3/h6-15,17,26H,5,16,18-19H2,1-4H3,(H,32,36)/t26-/m1/s1. The van der Waals surface area contributed by atoms with Gasteiger partial charge in [0.15, 0.2) is 0 Å². The predicted molar refractivity (Wildman–Crippen MR) is 160 cm³/mol. The van der Waals surface area contributed by atoms with Gasteiger partial charge in [-0.05, 0) is 54.8 Å². The van der Waals surface area contributed by atoms with E-state index in [4.69, 9.17) is 27.9 Å². The molecule has 8 nitrogen and oxygen atoms in total. The van der Waals surface area contributed by atoms with Crippen molar-refractivity contribution in [3.63, 3.8) is 0 Å². The molecule has 3 aromatic rings. The van der Waals surface area contributed by atoms with Crippen molar-refractivity contribution in [1.82, 2.24) is 10.2 Å². The van der Waals surface area contributed by atoms with Crippen LogP contribution in [-0.2, 0) is 32.6 Å². The van der Waals surface area contributed by atoms with Crippen LogP contribution in [0.15, 0.2) is 66.7 Å². The molecule has 0 heterocycles. The van der Waals surface area contributed by atoms with Crippen LogP contribution in [0.4, 0.5) is 5.69 Å². The first-order chi connectivity index (χ1) is 18.9. The van der Waals surface area contributed by atoms with Crippen molar-refractivity contribution in [1.29, 1.82) is 0 Å². The number of halogens is 2. The fraction of sp³-hybridized carbons (Fsp3) is 0.310. The zero-order valence-electron chi connectivity index (χ0n) is 22.9. The van der Waals surface area contributed by atoms with Crippen molar-refractivity contribution in [2.24, 2.45) is 0 Å². The van der Waals surface area contributed by atoms with Crippen molar-refractivity contribution in [2.45, 2.75) is 32.9 Å². The zero-order valence-corrected chi connectivity index (χ0v) is 25.2. The summed E-state index contributed by atoms with van der Waals surface area (Å²) in [5.41, 5.74) is 2.39. The number of amides is 2. The van der Waals surface area contributed by atoms with Crippen molar-refractivity contribution in [3.05, 3.63) is 93.5 Å². The predicted octanol–water partition coefficient (Wildman–Crippen LogP) is 4.85. The zero-order chi connectivity index (χ0) is 29.4. The summed E-state index contributed by atoms with van der Waals surface area (Å²) < 4.78 is 32.4. The molecule has 0 aromatic heterocycles. The number of methoxy groups -OCH3 is 1. The van der Waals surface area contributed by atoms with Crippen LogP contribution in [0.2, 0.25) is 10.0 Å². The second-order valence-corrected chi connectivity index (χ2v) is 12.1. The summed E-state index contributed by atoms with van der Waals surface area (Å²) in [5.74, 6) is -0.670. The molecule has 2 amide bonds. The van der Waals surface area contributed by atoms with Crippen LogP contribution < -0.4 is 14.4 Å². The van der Waals surface area contributed by atoms with Crippen LogP contribution in [0.1, 0.15) is 23.6 Å². The van der Waals surface area contributed by atoms with Gasteiger partial charge >= 0.3 is 0 Å². The molecule has 0 bridgehead atoms. The van der Waals surface area contributed by atoms with Crippen LogP contribution >= 0.6 is 23.2 Å². The van der Waals surface area contributed by atoms with Crippen LogP contribution in [0.25, 0.3) is 0 Å². The molecule has 11 heteroatoms. The van der Waals surface area contributed by atoms with Crippen LogP contribution in [0.5, 0.6) is 5.75 Å². The van der Waals surface area contributed by atoms with E-state index in [2.05, 4.69) is 5.32 Å². The number of nitrogens with one attached hydrogen (secondary N) is 1. The molecule has 0 fully saturated rings. The Kier molecular flexibility index (Phi) is 10.8. The van der Waals surface area contributed by atoms with Crippen molar-refractivity contribution in [3.8, 4) is 5.75 Å². The first kappa shape index (κ1) is 31.3. The minimum atomic E-state index is -3.94. The molecule has 3 rings (SSSR count). The maximum atomic E-state index is 14.1. The highest BCUT2D eigenvalue weighted by Crippen LogP contribution is 2.31. The molecule has 40 heavy (non-hydrogen) atoms. The third-order valence-corrected chi connectivity index (χ3v) is 7.97. The summed E-state index contributed by atoms with van der Waals surface area (Å²) in [6.07, 6.45) is 1.23. The molecule has 214 valence electrons. The smallest absolute Gasteiger partial charge is 0.244 e. The first-order valence-corrected chi connectivity index (χ1v) is 15.2. The molecule has 0 spiro atoms. The molecule has 3 aromatic carbocycles. The lowest BCUT2D eigenvalue weighted by Gasteiger charge is -2.34. The number of hydrogen-bond acceptors (Lipinski definition) is 5. The van der Waals surface area contributed by atoms with Gasteiger partial charge in [0.25, 0.3) is 0 Å². The maximum absolute atomic E-state index is 14.1. The largest absolute Gasteiger partial charge is 0.495 e. The molecule has 1 N–H and O–H groups in total. The van der Waals surface area contributed by atoms with Crippen LogP contribution in [0, 0.1) is 6.92 Å². The van der Waals surface area contributed by atoms with E-state index in [9.17, 15) is 18.0 Å². The molecule has 0 aliphatic heterocycles. The van der Waals surface area contributed by atoms with Gasteiger partial charge in [0, 0.05) is 29.6 Å². The molecule has 0 aliphatic carbocycles. The number of ether oxygens (including phenoxy) is 1.